The van der Waals surface area contributed by atoms with Crippen LogP contribution in [0.25, 0.3) is 0 Å². The van der Waals surface area contributed by atoms with Crippen LogP contribution in [0.4, 0.5) is 5.13 Å². The van der Waals surface area contributed by atoms with Gasteiger partial charge in [0.2, 0.25) is 16.9 Å². The summed E-state index contributed by atoms with van der Waals surface area (Å²) < 4.78 is 1.85. The third-order valence-corrected chi connectivity index (χ3v) is 7.25. The zero-order valence-electron chi connectivity index (χ0n) is 22.5. The van der Waals surface area contributed by atoms with E-state index in [4.69, 9.17) is 0 Å². The number of anilines is 1. The van der Waals surface area contributed by atoms with Crippen LogP contribution < -0.4 is 21.5 Å². The fraction of sp³-hybridized carbons (Fsp3) is 0.233. The Bertz CT molecular complexity index is 1510. The van der Waals surface area contributed by atoms with E-state index in [0.29, 0.717) is 23.9 Å². The van der Waals surface area contributed by atoms with E-state index in [1.54, 1.807) is 6.20 Å². The molecule has 5 rings (SSSR count). The minimum absolute atomic E-state index is 0.0724. The molecule has 4 N–H and O–H groups in total. The number of amides is 2. The highest BCUT2D eigenvalue weighted by atomic mass is 32.1. The average Bonchev–Trinajstić information content (AvgIpc) is 3.65. The quantitative estimate of drug-likeness (QED) is 0.180. The Morgan fingerprint density at radius 1 is 0.805 bits per heavy atom. The van der Waals surface area contributed by atoms with Crippen molar-refractivity contribution in [1.29, 1.82) is 0 Å². The molecule has 10 nitrogen and oxygen atoms in total. The molecule has 0 unspecified atom stereocenters. The van der Waals surface area contributed by atoms with Crippen molar-refractivity contribution in [2.45, 2.75) is 45.1 Å². The molecule has 0 saturated heterocycles. The van der Waals surface area contributed by atoms with Crippen LogP contribution in [0, 0.1) is 0 Å². The van der Waals surface area contributed by atoms with Crippen molar-refractivity contribution >= 4 is 28.3 Å². The Morgan fingerprint density at radius 2 is 1.59 bits per heavy atom. The molecule has 0 bridgehead atoms. The van der Waals surface area contributed by atoms with Crippen molar-refractivity contribution in [1.82, 2.24) is 36.1 Å². The van der Waals surface area contributed by atoms with E-state index in [1.165, 1.54) is 11.3 Å². The number of hydrogen-bond donors (Lipinski definition) is 4. The van der Waals surface area contributed by atoms with Crippen LogP contribution in [-0.4, -0.2) is 31.8 Å². The van der Waals surface area contributed by atoms with Crippen molar-refractivity contribution in [3.63, 3.8) is 0 Å². The minimum atomic E-state index is -0.115. The molecule has 1 aliphatic rings. The van der Waals surface area contributed by atoms with Crippen LogP contribution in [0.3, 0.4) is 0 Å². The van der Waals surface area contributed by atoms with E-state index >= 15 is 0 Å². The molecular weight excluding hydrogens is 536 g/mol. The second-order valence-corrected chi connectivity index (χ2v) is 10.8. The molecule has 0 radical (unpaired) electrons. The maximum atomic E-state index is 12.6. The predicted octanol–water partition coefficient (Wildman–Crippen LogP) is 3.87. The number of benzene rings is 2. The van der Waals surface area contributed by atoms with Crippen LogP contribution in [0.5, 0.6) is 0 Å². The number of carbonyl (C=O) groups excluding carboxylic acids is 2. The lowest BCUT2D eigenvalue weighted by Crippen LogP contribution is -2.41. The number of aromatic nitrogens is 4. The van der Waals surface area contributed by atoms with Gasteiger partial charge in [0.15, 0.2) is 0 Å². The minimum Gasteiger partial charge on any atom is -0.311 e. The van der Waals surface area contributed by atoms with Crippen molar-refractivity contribution in [3.05, 3.63) is 118 Å². The summed E-state index contributed by atoms with van der Waals surface area (Å²) in [6.45, 7) is 0.664. The smallest absolute Gasteiger partial charge is 0.230 e. The predicted molar refractivity (Wildman–Crippen MR) is 158 cm³/mol. The summed E-state index contributed by atoms with van der Waals surface area (Å²) >= 11 is 1.41. The van der Waals surface area contributed by atoms with Gasteiger partial charge >= 0.3 is 0 Å². The van der Waals surface area contributed by atoms with Crippen molar-refractivity contribution in [3.8, 4) is 0 Å². The Kier molecular flexibility index (Phi) is 9.51. The molecule has 1 aliphatic heterocycles. The monoisotopic (exact) mass is 568 g/mol. The van der Waals surface area contributed by atoms with Crippen LogP contribution >= 0.6 is 11.3 Å². The van der Waals surface area contributed by atoms with E-state index in [0.717, 1.165) is 53.1 Å². The van der Waals surface area contributed by atoms with Gasteiger partial charge in [-0.1, -0.05) is 65.9 Å². The van der Waals surface area contributed by atoms with Crippen molar-refractivity contribution < 1.29 is 9.59 Å². The van der Waals surface area contributed by atoms with Crippen LogP contribution in [0.15, 0.2) is 96.7 Å². The second-order valence-electron chi connectivity index (χ2n) is 9.69. The fourth-order valence-corrected chi connectivity index (χ4v) is 5.17. The summed E-state index contributed by atoms with van der Waals surface area (Å²) in [5, 5.41) is 19.8. The van der Waals surface area contributed by atoms with Crippen molar-refractivity contribution in [2.75, 3.05) is 5.32 Å². The molecule has 2 amide bonds. The van der Waals surface area contributed by atoms with E-state index < -0.39 is 0 Å². The number of nitrogens with one attached hydrogen (secondary N) is 4. The van der Waals surface area contributed by atoms with Gasteiger partial charge in [-0.05, 0) is 54.2 Å². The highest BCUT2D eigenvalue weighted by molar-refractivity contribution is 7.15. The van der Waals surface area contributed by atoms with E-state index in [1.807, 2.05) is 83.7 Å². The molecular formula is C30H32N8O2S. The standard InChI is InChI=1S/C30H32N8O2S/c39-27(19-22-8-2-1-3-9-22)32-26-15-14-25(34-35-26)12-4-5-13-29-36-37-30(41-29)33-28(40)20-23-10-6-11-24(18-23)21-38-17-7-16-31-38/h1-3,6-11,14-18,34-35H,4-5,12-13,19-21H2,(H,32,39)(H,33,37,40). The van der Waals surface area contributed by atoms with Gasteiger partial charge in [0.25, 0.3) is 0 Å². The number of allylic oxidation sites excluding steroid dienone is 3. The lowest BCUT2D eigenvalue weighted by atomic mass is 10.1. The van der Waals surface area contributed by atoms with Gasteiger partial charge in [0.1, 0.15) is 10.8 Å². The first-order chi connectivity index (χ1) is 20.1. The van der Waals surface area contributed by atoms with E-state index in [9.17, 15) is 9.59 Å². The van der Waals surface area contributed by atoms with Gasteiger partial charge in [0.05, 0.1) is 19.4 Å². The van der Waals surface area contributed by atoms with Gasteiger partial charge in [-0.15, -0.1) is 10.2 Å². The Labute approximate surface area is 242 Å². The zero-order valence-corrected chi connectivity index (χ0v) is 23.4. The van der Waals surface area contributed by atoms with Crippen LogP contribution in [0.2, 0.25) is 0 Å². The first kappa shape index (κ1) is 27.8. The first-order valence-corrected chi connectivity index (χ1v) is 14.3. The van der Waals surface area contributed by atoms with E-state index in [2.05, 4.69) is 36.8 Å². The number of aryl methyl sites for hydroxylation is 1. The number of unbranched alkanes of at least 4 members (excludes halogenated alkanes) is 1. The van der Waals surface area contributed by atoms with Crippen molar-refractivity contribution in [2.24, 2.45) is 0 Å². The molecule has 2 aromatic heterocycles. The lowest BCUT2D eigenvalue weighted by molar-refractivity contribution is -0.120. The molecule has 41 heavy (non-hydrogen) atoms. The zero-order chi connectivity index (χ0) is 28.3. The molecule has 4 aromatic rings. The van der Waals surface area contributed by atoms with Gasteiger partial charge in [-0.25, -0.2) is 0 Å². The highest BCUT2D eigenvalue weighted by Gasteiger charge is 2.11. The molecule has 2 aromatic carbocycles. The van der Waals surface area contributed by atoms with Gasteiger partial charge in [-0.2, -0.15) is 5.10 Å². The summed E-state index contributed by atoms with van der Waals surface area (Å²) in [6, 6.07) is 19.5. The summed E-state index contributed by atoms with van der Waals surface area (Å²) in [6.07, 6.45) is 11.6. The lowest BCUT2D eigenvalue weighted by Gasteiger charge is -2.20. The van der Waals surface area contributed by atoms with Gasteiger partial charge in [0, 0.05) is 24.5 Å². The number of carbonyl (C=O) groups is 2. The Morgan fingerprint density at radius 3 is 2.39 bits per heavy atom. The number of rotatable bonds is 13. The maximum Gasteiger partial charge on any atom is 0.230 e. The summed E-state index contributed by atoms with van der Waals surface area (Å²) in [4.78, 5) is 24.8. The van der Waals surface area contributed by atoms with Crippen LogP contribution in [0.1, 0.15) is 41.0 Å². The number of hydrogen-bond acceptors (Lipinski definition) is 8. The molecule has 0 atom stereocenters. The SMILES string of the molecule is O=C(Cc1ccccc1)NC1=CC=C(CCCCc2nnc(NC(=O)Cc3cccc(Cn4cccn4)c3)s2)NN1. The topological polar surface area (TPSA) is 126 Å². The molecule has 0 spiro atoms. The molecule has 0 saturated carbocycles. The Balaban J connectivity index is 0.998. The fourth-order valence-electron chi connectivity index (χ4n) is 4.37. The normalized spacial score (nSPS) is 12.5. The maximum absolute atomic E-state index is 12.6. The highest BCUT2D eigenvalue weighted by Crippen LogP contribution is 2.19. The molecule has 3 heterocycles. The average molecular weight is 569 g/mol. The largest absolute Gasteiger partial charge is 0.311 e. The molecule has 11 heteroatoms. The third-order valence-electron chi connectivity index (χ3n) is 6.35. The number of hydrazine groups is 1. The summed E-state index contributed by atoms with van der Waals surface area (Å²) in [5.74, 6) is 0.437. The first-order valence-electron chi connectivity index (χ1n) is 13.5. The summed E-state index contributed by atoms with van der Waals surface area (Å²) in [5.41, 5.74) is 10.2. The number of nitrogens with zero attached hydrogens (tertiary/aromatic N) is 4. The van der Waals surface area contributed by atoms with Gasteiger partial charge < -0.3 is 16.1 Å². The van der Waals surface area contributed by atoms with Gasteiger partial charge in [-0.3, -0.25) is 19.7 Å². The third kappa shape index (κ3) is 8.87. The molecule has 210 valence electrons. The Hall–Kier alpha value is -4.77. The van der Waals surface area contributed by atoms with Crippen LogP contribution in [-0.2, 0) is 35.4 Å². The summed E-state index contributed by atoms with van der Waals surface area (Å²) in [7, 11) is 0. The molecule has 0 fully saturated rings. The second kappa shape index (κ2) is 14.0. The molecule has 0 aliphatic carbocycles. The van der Waals surface area contributed by atoms with E-state index in [-0.39, 0.29) is 18.2 Å².